The topological polar surface area (TPSA) is 76.7 Å². The van der Waals surface area contributed by atoms with Crippen molar-refractivity contribution in [2.45, 2.75) is 13.8 Å². The molecule has 0 saturated heterocycles. The van der Waals surface area contributed by atoms with Crippen molar-refractivity contribution < 1.29 is 23.5 Å². The van der Waals surface area contributed by atoms with Crippen LogP contribution in [0.4, 0.5) is 4.39 Å². The first-order valence-electron chi connectivity index (χ1n) is 7.61. The third kappa shape index (κ3) is 5.80. The Balaban J connectivity index is 1.69. The Kier molecular flexibility index (Phi) is 6.33. The fraction of sp³-hybridized carbons (Fsp3) is 0.222. The Morgan fingerprint density at radius 3 is 2.16 bits per heavy atom. The number of aryl methyl sites for hydroxylation is 1. The van der Waals surface area contributed by atoms with Crippen molar-refractivity contribution in [1.29, 1.82) is 0 Å². The summed E-state index contributed by atoms with van der Waals surface area (Å²) in [5, 5.41) is 0. The van der Waals surface area contributed by atoms with Crippen LogP contribution in [0, 0.1) is 19.7 Å². The van der Waals surface area contributed by atoms with E-state index in [0.29, 0.717) is 11.5 Å². The largest absolute Gasteiger partial charge is 0.484 e. The Hall–Kier alpha value is -3.09. The van der Waals surface area contributed by atoms with Crippen molar-refractivity contribution >= 4 is 11.8 Å². The molecule has 0 aromatic heterocycles. The molecule has 0 unspecified atom stereocenters. The first-order chi connectivity index (χ1) is 12.0. The second-order valence-electron chi connectivity index (χ2n) is 5.33. The average Bonchev–Trinajstić information content (AvgIpc) is 2.60. The summed E-state index contributed by atoms with van der Waals surface area (Å²) in [6.45, 7) is 3.30. The van der Waals surface area contributed by atoms with Crippen molar-refractivity contribution in [2.24, 2.45) is 0 Å². The molecule has 25 heavy (non-hydrogen) atoms. The lowest BCUT2D eigenvalue weighted by molar-refractivity contribution is -0.131. The summed E-state index contributed by atoms with van der Waals surface area (Å²) >= 11 is 0. The quantitative estimate of drug-likeness (QED) is 0.785. The van der Waals surface area contributed by atoms with Crippen LogP contribution in [0.5, 0.6) is 11.5 Å². The van der Waals surface area contributed by atoms with Gasteiger partial charge in [0.25, 0.3) is 11.8 Å². The number of carbonyl (C=O) groups is 2. The summed E-state index contributed by atoms with van der Waals surface area (Å²) in [6, 6.07) is 10.8. The van der Waals surface area contributed by atoms with E-state index in [0.717, 1.165) is 11.1 Å². The van der Waals surface area contributed by atoms with E-state index in [4.69, 9.17) is 9.47 Å². The molecule has 0 spiro atoms. The lowest BCUT2D eigenvalue weighted by Crippen LogP contribution is -2.45. The number of halogens is 1. The molecule has 0 aliphatic heterocycles. The number of ether oxygens (including phenoxy) is 2. The molecule has 0 fully saturated rings. The maximum Gasteiger partial charge on any atom is 0.276 e. The summed E-state index contributed by atoms with van der Waals surface area (Å²) in [5.74, 6) is -0.490. The van der Waals surface area contributed by atoms with E-state index >= 15 is 0 Å². The van der Waals surface area contributed by atoms with Gasteiger partial charge in [0.05, 0.1) is 0 Å². The van der Waals surface area contributed by atoms with E-state index in [1.54, 1.807) is 6.07 Å². The lowest BCUT2D eigenvalue weighted by Gasteiger charge is -2.12. The summed E-state index contributed by atoms with van der Waals surface area (Å²) in [7, 11) is 0. The third-order valence-corrected chi connectivity index (χ3v) is 3.44. The van der Waals surface area contributed by atoms with E-state index < -0.39 is 17.6 Å². The maximum atomic E-state index is 12.7. The van der Waals surface area contributed by atoms with Crippen molar-refractivity contribution in [3.8, 4) is 11.5 Å². The van der Waals surface area contributed by atoms with Crippen LogP contribution in [0.15, 0.2) is 42.5 Å². The molecule has 2 amide bonds. The number of benzene rings is 2. The number of hydrogen-bond donors (Lipinski definition) is 2. The first kappa shape index (κ1) is 18.3. The number of hydrogen-bond acceptors (Lipinski definition) is 4. The predicted octanol–water partition coefficient (Wildman–Crippen LogP) is 2.05. The average molecular weight is 346 g/mol. The van der Waals surface area contributed by atoms with Gasteiger partial charge in [0.15, 0.2) is 13.2 Å². The Labute approximate surface area is 144 Å². The van der Waals surface area contributed by atoms with Crippen LogP contribution in [0.3, 0.4) is 0 Å². The highest BCUT2D eigenvalue weighted by molar-refractivity contribution is 5.83. The van der Waals surface area contributed by atoms with E-state index in [-0.39, 0.29) is 13.2 Å². The number of nitrogens with one attached hydrogen (secondary N) is 2. The van der Waals surface area contributed by atoms with Crippen LogP contribution < -0.4 is 20.3 Å². The van der Waals surface area contributed by atoms with Crippen LogP contribution in [0.1, 0.15) is 11.1 Å². The van der Waals surface area contributed by atoms with Crippen molar-refractivity contribution in [3.63, 3.8) is 0 Å². The Bertz CT molecular complexity index is 747. The fourth-order valence-corrected chi connectivity index (χ4v) is 1.92. The van der Waals surface area contributed by atoms with Gasteiger partial charge in [-0.15, -0.1) is 0 Å². The Morgan fingerprint density at radius 2 is 1.52 bits per heavy atom. The first-order valence-corrected chi connectivity index (χ1v) is 7.61. The van der Waals surface area contributed by atoms with Gasteiger partial charge in [-0.3, -0.25) is 20.4 Å². The zero-order valence-electron chi connectivity index (χ0n) is 14.0. The van der Waals surface area contributed by atoms with Crippen LogP contribution >= 0.6 is 0 Å². The highest BCUT2D eigenvalue weighted by Gasteiger charge is 2.08. The summed E-state index contributed by atoms with van der Waals surface area (Å²) in [5.41, 5.74) is 6.45. The van der Waals surface area contributed by atoms with E-state index in [9.17, 15) is 14.0 Å². The molecule has 0 radical (unpaired) electrons. The van der Waals surface area contributed by atoms with E-state index in [1.807, 2.05) is 26.0 Å². The van der Waals surface area contributed by atoms with Gasteiger partial charge >= 0.3 is 0 Å². The number of rotatable bonds is 6. The molecule has 2 aromatic rings. The van der Waals surface area contributed by atoms with E-state index in [1.165, 1.54) is 24.3 Å². The van der Waals surface area contributed by atoms with Crippen LogP contribution in [0.25, 0.3) is 0 Å². The third-order valence-electron chi connectivity index (χ3n) is 3.44. The van der Waals surface area contributed by atoms with Gasteiger partial charge in [-0.25, -0.2) is 4.39 Å². The molecule has 0 aliphatic rings. The second kappa shape index (κ2) is 8.68. The van der Waals surface area contributed by atoms with Gasteiger partial charge in [0.2, 0.25) is 0 Å². The zero-order valence-corrected chi connectivity index (χ0v) is 14.0. The predicted molar refractivity (Wildman–Crippen MR) is 89.6 cm³/mol. The molecule has 132 valence electrons. The fourth-order valence-electron chi connectivity index (χ4n) is 1.92. The molecule has 2 N–H and O–H groups in total. The zero-order chi connectivity index (χ0) is 18.2. The van der Waals surface area contributed by atoms with E-state index in [2.05, 4.69) is 10.9 Å². The monoisotopic (exact) mass is 346 g/mol. The van der Waals surface area contributed by atoms with Gasteiger partial charge in [0, 0.05) is 0 Å². The van der Waals surface area contributed by atoms with Gasteiger partial charge in [-0.05, 0) is 55.3 Å². The molecule has 0 aliphatic carbocycles. The molecule has 7 heteroatoms. The summed E-state index contributed by atoms with van der Waals surface area (Å²) in [6.07, 6.45) is 0. The van der Waals surface area contributed by atoms with Crippen molar-refractivity contribution in [1.82, 2.24) is 10.9 Å². The molecular weight excluding hydrogens is 327 g/mol. The normalized spacial score (nSPS) is 10.0. The van der Waals surface area contributed by atoms with Gasteiger partial charge < -0.3 is 9.47 Å². The molecule has 6 nitrogen and oxygen atoms in total. The van der Waals surface area contributed by atoms with Gasteiger partial charge in [0.1, 0.15) is 17.3 Å². The Morgan fingerprint density at radius 1 is 0.920 bits per heavy atom. The molecule has 2 aromatic carbocycles. The minimum Gasteiger partial charge on any atom is -0.484 e. The highest BCUT2D eigenvalue weighted by atomic mass is 19.1. The number of carbonyl (C=O) groups excluding carboxylic acids is 2. The van der Waals surface area contributed by atoms with Gasteiger partial charge in [-0.2, -0.15) is 0 Å². The number of hydrazine groups is 1. The molecule has 0 bridgehead atoms. The smallest absolute Gasteiger partial charge is 0.276 e. The molecule has 0 saturated carbocycles. The number of amides is 2. The molecule has 0 heterocycles. The lowest BCUT2D eigenvalue weighted by atomic mass is 10.1. The summed E-state index contributed by atoms with van der Waals surface area (Å²) < 4.78 is 23.3. The van der Waals surface area contributed by atoms with Crippen LogP contribution in [-0.2, 0) is 9.59 Å². The summed E-state index contributed by atoms with van der Waals surface area (Å²) in [4.78, 5) is 23.3. The highest BCUT2D eigenvalue weighted by Crippen LogP contribution is 2.20. The van der Waals surface area contributed by atoms with Crippen LogP contribution in [0.2, 0.25) is 0 Å². The molecule has 2 rings (SSSR count). The molecule has 0 atom stereocenters. The van der Waals surface area contributed by atoms with Crippen molar-refractivity contribution in [2.75, 3.05) is 13.2 Å². The second-order valence-corrected chi connectivity index (χ2v) is 5.33. The maximum absolute atomic E-state index is 12.7. The SMILES string of the molecule is Cc1cccc(OCC(=O)NNC(=O)COc2ccc(F)cc2)c1C. The molecular formula is C18H19FN2O4. The van der Waals surface area contributed by atoms with Crippen molar-refractivity contribution in [3.05, 3.63) is 59.4 Å². The van der Waals surface area contributed by atoms with Crippen LogP contribution in [-0.4, -0.2) is 25.0 Å². The minimum atomic E-state index is -0.551. The standard InChI is InChI=1S/C18H19FN2O4/c1-12-4-3-5-16(13(12)2)25-11-18(23)21-20-17(22)10-24-15-8-6-14(19)7-9-15/h3-9H,10-11H2,1-2H3,(H,20,22)(H,21,23). The minimum absolute atomic E-state index is 0.233. The van der Waals surface area contributed by atoms with Gasteiger partial charge in [-0.1, -0.05) is 12.1 Å².